The van der Waals surface area contributed by atoms with Gasteiger partial charge >= 0.3 is 0 Å². The number of hydrogen-bond acceptors (Lipinski definition) is 3. The number of carbonyl (C=O) groups excluding carboxylic acids is 1. The Hall–Kier alpha value is -0.460. The summed E-state index contributed by atoms with van der Waals surface area (Å²) >= 11 is 0. The minimum absolute atomic E-state index is 0.0525. The molecule has 0 amide bonds. The highest BCUT2D eigenvalue weighted by molar-refractivity contribution is 7.87. The Morgan fingerprint density at radius 3 is 2.25 bits per heavy atom. The fourth-order valence-electron chi connectivity index (χ4n) is 2.27. The van der Waals surface area contributed by atoms with Crippen LogP contribution in [0.5, 0.6) is 0 Å². The molecule has 5 nitrogen and oxygen atoms in total. The van der Waals surface area contributed by atoms with E-state index in [0.29, 0.717) is 38.8 Å². The third kappa shape index (κ3) is 2.81. The van der Waals surface area contributed by atoms with Gasteiger partial charge in [0.05, 0.1) is 0 Å². The van der Waals surface area contributed by atoms with Crippen LogP contribution < -0.4 is 4.72 Å². The van der Waals surface area contributed by atoms with Crippen molar-refractivity contribution in [2.75, 3.05) is 13.1 Å². The van der Waals surface area contributed by atoms with Crippen LogP contribution in [-0.4, -0.2) is 37.6 Å². The van der Waals surface area contributed by atoms with E-state index in [4.69, 9.17) is 0 Å². The molecule has 1 saturated carbocycles. The molecule has 92 valence electrons. The van der Waals surface area contributed by atoms with Crippen LogP contribution in [0.4, 0.5) is 0 Å². The molecule has 16 heavy (non-hydrogen) atoms. The lowest BCUT2D eigenvalue weighted by Gasteiger charge is -2.25. The first-order valence-corrected chi connectivity index (χ1v) is 7.31. The van der Waals surface area contributed by atoms with Crippen LogP contribution in [-0.2, 0) is 15.0 Å². The Kier molecular flexibility index (Phi) is 3.61. The van der Waals surface area contributed by atoms with E-state index in [1.807, 2.05) is 0 Å². The summed E-state index contributed by atoms with van der Waals surface area (Å²) in [6.07, 6.45) is 4.20. The predicted molar refractivity (Wildman–Crippen MR) is 60.1 cm³/mol. The zero-order valence-electron chi connectivity index (χ0n) is 9.31. The Morgan fingerprint density at radius 1 is 1.12 bits per heavy atom. The molecule has 0 spiro atoms. The fraction of sp³-hybridized carbons (Fsp3) is 0.900. The van der Waals surface area contributed by atoms with Gasteiger partial charge in [-0.25, -0.2) is 0 Å². The number of carbonyl (C=O) groups is 1. The Bertz CT molecular complexity index is 350. The highest BCUT2D eigenvalue weighted by atomic mass is 32.2. The van der Waals surface area contributed by atoms with Gasteiger partial charge in [0, 0.05) is 32.0 Å². The van der Waals surface area contributed by atoms with Crippen molar-refractivity contribution in [3.63, 3.8) is 0 Å². The van der Waals surface area contributed by atoms with E-state index in [1.54, 1.807) is 0 Å². The molecule has 2 fully saturated rings. The Labute approximate surface area is 96.4 Å². The van der Waals surface area contributed by atoms with Gasteiger partial charge in [-0.1, -0.05) is 0 Å². The molecule has 1 saturated heterocycles. The number of hydrogen-bond donors (Lipinski definition) is 1. The molecular formula is C10H18N2O3S. The number of nitrogens with one attached hydrogen (secondary N) is 1. The summed E-state index contributed by atoms with van der Waals surface area (Å²) in [5, 5.41) is 0. The minimum atomic E-state index is -3.31. The van der Waals surface area contributed by atoms with Gasteiger partial charge in [0.15, 0.2) is 0 Å². The number of ketones is 1. The summed E-state index contributed by atoms with van der Waals surface area (Å²) < 4.78 is 28.0. The van der Waals surface area contributed by atoms with Gasteiger partial charge in [-0.3, -0.25) is 4.79 Å². The lowest BCUT2D eigenvalue weighted by Crippen LogP contribution is -2.45. The smallest absolute Gasteiger partial charge is 0.279 e. The van der Waals surface area contributed by atoms with Gasteiger partial charge in [0.2, 0.25) is 0 Å². The average molecular weight is 246 g/mol. The van der Waals surface area contributed by atoms with Crippen LogP contribution in [0, 0.1) is 0 Å². The number of rotatable bonds is 3. The molecule has 1 aliphatic carbocycles. The van der Waals surface area contributed by atoms with Crippen molar-refractivity contribution < 1.29 is 13.2 Å². The van der Waals surface area contributed by atoms with E-state index in [-0.39, 0.29) is 11.8 Å². The van der Waals surface area contributed by atoms with Crippen molar-refractivity contribution in [2.45, 2.75) is 44.6 Å². The summed E-state index contributed by atoms with van der Waals surface area (Å²) in [7, 11) is -3.31. The summed E-state index contributed by atoms with van der Waals surface area (Å²) in [5.74, 6) is 0.247. The topological polar surface area (TPSA) is 66.5 Å². The maximum absolute atomic E-state index is 11.9. The number of Topliss-reactive ketones (excluding diaryl/α,β-unsaturated/α-hetero) is 1. The molecule has 0 radical (unpaired) electrons. The number of nitrogens with zero attached hydrogens (tertiary/aromatic N) is 1. The molecule has 0 unspecified atom stereocenters. The van der Waals surface area contributed by atoms with E-state index >= 15 is 0 Å². The summed E-state index contributed by atoms with van der Waals surface area (Å²) in [4.78, 5) is 11.0. The van der Waals surface area contributed by atoms with Crippen molar-refractivity contribution in [2.24, 2.45) is 0 Å². The first-order valence-electron chi connectivity index (χ1n) is 5.87. The highest BCUT2D eigenvalue weighted by Gasteiger charge is 2.29. The quantitative estimate of drug-likeness (QED) is 0.785. The SMILES string of the molecule is O=C1CCC(NS(=O)(=O)N2CCCC2)CC1. The van der Waals surface area contributed by atoms with Crippen molar-refractivity contribution in [1.29, 1.82) is 0 Å². The van der Waals surface area contributed by atoms with Crippen LogP contribution in [0.2, 0.25) is 0 Å². The Balaban J connectivity index is 1.90. The van der Waals surface area contributed by atoms with Gasteiger partial charge < -0.3 is 0 Å². The molecule has 0 bridgehead atoms. The molecule has 1 heterocycles. The lowest BCUT2D eigenvalue weighted by molar-refractivity contribution is -0.120. The monoisotopic (exact) mass is 246 g/mol. The van der Waals surface area contributed by atoms with E-state index in [0.717, 1.165) is 12.8 Å². The van der Waals surface area contributed by atoms with Crippen LogP contribution in [0.25, 0.3) is 0 Å². The largest absolute Gasteiger partial charge is 0.300 e. The highest BCUT2D eigenvalue weighted by Crippen LogP contribution is 2.18. The van der Waals surface area contributed by atoms with Gasteiger partial charge in [-0.2, -0.15) is 17.4 Å². The average Bonchev–Trinajstić information content (AvgIpc) is 2.75. The third-order valence-electron chi connectivity index (χ3n) is 3.26. The van der Waals surface area contributed by atoms with Gasteiger partial charge in [-0.05, 0) is 25.7 Å². The first-order chi connectivity index (χ1) is 7.58. The lowest BCUT2D eigenvalue weighted by atomic mass is 9.95. The second-order valence-corrected chi connectivity index (χ2v) is 6.24. The van der Waals surface area contributed by atoms with Crippen LogP contribution >= 0.6 is 0 Å². The van der Waals surface area contributed by atoms with E-state index < -0.39 is 10.2 Å². The maximum Gasteiger partial charge on any atom is 0.279 e. The molecule has 0 aromatic heterocycles. The standard InChI is InChI=1S/C10H18N2O3S/c13-10-5-3-9(4-6-10)11-16(14,15)12-7-1-2-8-12/h9,11H,1-8H2. The van der Waals surface area contributed by atoms with E-state index in [2.05, 4.69) is 4.72 Å². The van der Waals surface area contributed by atoms with Crippen molar-refractivity contribution in [3.8, 4) is 0 Å². The first kappa shape index (κ1) is 12.0. The molecule has 0 aromatic carbocycles. The normalized spacial score (nSPS) is 25.1. The van der Waals surface area contributed by atoms with E-state index in [1.165, 1.54) is 4.31 Å². The third-order valence-corrected chi connectivity index (χ3v) is 4.94. The minimum Gasteiger partial charge on any atom is -0.300 e. The van der Waals surface area contributed by atoms with Crippen LogP contribution in [0.15, 0.2) is 0 Å². The van der Waals surface area contributed by atoms with E-state index in [9.17, 15) is 13.2 Å². The summed E-state index contributed by atoms with van der Waals surface area (Å²) in [6.45, 7) is 1.25. The second kappa shape index (κ2) is 4.81. The molecule has 1 aliphatic heterocycles. The van der Waals surface area contributed by atoms with Crippen LogP contribution in [0.1, 0.15) is 38.5 Å². The predicted octanol–water partition coefficient (Wildman–Crippen LogP) is 0.428. The fourth-order valence-corrected chi connectivity index (χ4v) is 3.82. The van der Waals surface area contributed by atoms with Gasteiger partial charge in [0.1, 0.15) is 5.78 Å². The van der Waals surface area contributed by atoms with Gasteiger partial charge in [0.25, 0.3) is 10.2 Å². The molecule has 2 rings (SSSR count). The second-order valence-electron chi connectivity index (χ2n) is 4.54. The molecule has 6 heteroatoms. The molecule has 2 aliphatic rings. The summed E-state index contributed by atoms with van der Waals surface area (Å²) in [5.41, 5.74) is 0. The zero-order valence-corrected chi connectivity index (χ0v) is 10.1. The molecular weight excluding hydrogens is 228 g/mol. The molecule has 0 aromatic rings. The van der Waals surface area contributed by atoms with Crippen LogP contribution in [0.3, 0.4) is 0 Å². The van der Waals surface area contributed by atoms with Crippen molar-refractivity contribution in [1.82, 2.24) is 9.03 Å². The van der Waals surface area contributed by atoms with Crippen molar-refractivity contribution >= 4 is 16.0 Å². The molecule has 1 N–H and O–H groups in total. The Morgan fingerprint density at radius 2 is 1.69 bits per heavy atom. The summed E-state index contributed by atoms with van der Waals surface area (Å²) in [6, 6.07) is -0.0525. The van der Waals surface area contributed by atoms with Crippen molar-refractivity contribution in [3.05, 3.63) is 0 Å². The maximum atomic E-state index is 11.9. The van der Waals surface area contributed by atoms with Gasteiger partial charge in [-0.15, -0.1) is 0 Å². The zero-order chi connectivity index (χ0) is 11.6. The molecule has 0 atom stereocenters.